The molecule has 0 bridgehead atoms. The SMILES string of the molecule is CNCc1ccc(N(C)C2CCSC2)cc1C(F)(F)F. The van der Waals surface area contributed by atoms with Gasteiger partial charge in [0, 0.05) is 31.1 Å². The highest BCUT2D eigenvalue weighted by molar-refractivity contribution is 7.99. The second-order valence-corrected chi connectivity index (χ2v) is 6.15. The smallest absolute Gasteiger partial charge is 0.371 e. The van der Waals surface area contributed by atoms with Crippen molar-refractivity contribution in [3.63, 3.8) is 0 Å². The van der Waals surface area contributed by atoms with Gasteiger partial charge in [-0.05, 0) is 36.9 Å². The molecule has 0 aliphatic carbocycles. The van der Waals surface area contributed by atoms with Crippen LogP contribution in [0.1, 0.15) is 17.5 Å². The molecule has 0 saturated carbocycles. The predicted molar refractivity (Wildman–Crippen MR) is 78.3 cm³/mol. The van der Waals surface area contributed by atoms with E-state index in [1.165, 1.54) is 6.07 Å². The molecule has 0 aromatic heterocycles. The van der Waals surface area contributed by atoms with Crippen molar-refractivity contribution in [3.05, 3.63) is 29.3 Å². The van der Waals surface area contributed by atoms with Gasteiger partial charge in [0.2, 0.25) is 0 Å². The fourth-order valence-electron chi connectivity index (χ4n) is 2.43. The Kier molecular flexibility index (Phi) is 4.86. The van der Waals surface area contributed by atoms with Gasteiger partial charge in [0.05, 0.1) is 5.56 Å². The summed E-state index contributed by atoms with van der Waals surface area (Å²) < 4.78 is 39.4. The summed E-state index contributed by atoms with van der Waals surface area (Å²) in [5.41, 5.74) is 0.393. The minimum Gasteiger partial charge on any atom is -0.371 e. The molecule has 1 heterocycles. The lowest BCUT2D eigenvalue weighted by atomic mass is 10.0. The number of benzene rings is 1. The third-order valence-corrected chi connectivity index (χ3v) is 4.77. The monoisotopic (exact) mass is 304 g/mol. The molecule has 1 aliphatic heterocycles. The first-order valence-corrected chi connectivity index (χ1v) is 7.74. The van der Waals surface area contributed by atoms with Gasteiger partial charge in [0.25, 0.3) is 0 Å². The summed E-state index contributed by atoms with van der Waals surface area (Å²) in [5.74, 6) is 2.06. The van der Waals surface area contributed by atoms with Gasteiger partial charge in [-0.15, -0.1) is 0 Å². The maximum atomic E-state index is 13.1. The maximum absolute atomic E-state index is 13.1. The lowest BCUT2D eigenvalue weighted by molar-refractivity contribution is -0.138. The largest absolute Gasteiger partial charge is 0.416 e. The van der Waals surface area contributed by atoms with Crippen molar-refractivity contribution < 1.29 is 13.2 Å². The lowest BCUT2D eigenvalue weighted by Gasteiger charge is -2.27. The molecule has 1 atom stereocenters. The summed E-state index contributed by atoms with van der Waals surface area (Å²) in [5, 5.41) is 2.78. The van der Waals surface area contributed by atoms with Crippen LogP contribution in [0.4, 0.5) is 18.9 Å². The Balaban J connectivity index is 2.31. The van der Waals surface area contributed by atoms with E-state index in [9.17, 15) is 13.2 Å². The summed E-state index contributed by atoms with van der Waals surface area (Å²) in [6, 6.07) is 4.96. The molecule has 0 spiro atoms. The van der Waals surface area contributed by atoms with Crippen molar-refractivity contribution in [3.8, 4) is 0 Å². The highest BCUT2D eigenvalue weighted by Gasteiger charge is 2.34. The number of hydrogen-bond acceptors (Lipinski definition) is 3. The number of hydrogen-bond donors (Lipinski definition) is 1. The summed E-state index contributed by atoms with van der Waals surface area (Å²) in [6.45, 7) is 0.220. The molecule has 1 aromatic carbocycles. The zero-order valence-electron chi connectivity index (χ0n) is 11.6. The quantitative estimate of drug-likeness (QED) is 0.918. The van der Waals surface area contributed by atoms with Crippen molar-refractivity contribution in [2.75, 3.05) is 30.5 Å². The third kappa shape index (κ3) is 3.41. The second-order valence-electron chi connectivity index (χ2n) is 5.00. The molecule has 1 saturated heterocycles. The summed E-state index contributed by atoms with van der Waals surface area (Å²) in [4.78, 5) is 1.97. The topological polar surface area (TPSA) is 15.3 Å². The highest BCUT2D eigenvalue weighted by atomic mass is 32.2. The molecule has 2 rings (SSSR count). The van der Waals surface area contributed by atoms with Crippen molar-refractivity contribution in [2.45, 2.75) is 25.2 Å². The number of anilines is 1. The van der Waals surface area contributed by atoms with E-state index in [-0.39, 0.29) is 12.1 Å². The van der Waals surface area contributed by atoms with E-state index < -0.39 is 11.7 Å². The van der Waals surface area contributed by atoms with Gasteiger partial charge >= 0.3 is 6.18 Å². The first-order valence-electron chi connectivity index (χ1n) is 6.58. The van der Waals surface area contributed by atoms with Crippen LogP contribution in [0, 0.1) is 0 Å². The Morgan fingerprint density at radius 2 is 2.15 bits per heavy atom. The number of rotatable bonds is 4. The zero-order chi connectivity index (χ0) is 14.8. The van der Waals surface area contributed by atoms with E-state index in [4.69, 9.17) is 0 Å². The molecule has 6 heteroatoms. The molecular formula is C14H19F3N2S. The van der Waals surface area contributed by atoms with Crippen molar-refractivity contribution in [1.29, 1.82) is 0 Å². The van der Waals surface area contributed by atoms with E-state index >= 15 is 0 Å². The maximum Gasteiger partial charge on any atom is 0.416 e. The zero-order valence-corrected chi connectivity index (χ0v) is 12.4. The summed E-state index contributed by atoms with van der Waals surface area (Å²) in [7, 11) is 3.53. The van der Waals surface area contributed by atoms with Crippen molar-refractivity contribution >= 4 is 17.4 Å². The Labute approximate surface area is 121 Å². The Hall–Kier alpha value is -0.880. The standard InChI is InChI=1S/C14H19F3N2S/c1-18-8-10-3-4-11(7-13(10)14(15,16)17)19(2)12-5-6-20-9-12/h3-4,7,12,18H,5-6,8-9H2,1-2H3. The molecular weight excluding hydrogens is 285 g/mol. The highest BCUT2D eigenvalue weighted by Crippen LogP contribution is 2.35. The Morgan fingerprint density at radius 1 is 1.40 bits per heavy atom. The molecule has 1 fully saturated rings. The predicted octanol–water partition coefficient (Wildman–Crippen LogP) is 3.37. The van der Waals surface area contributed by atoms with Crippen LogP contribution in [-0.4, -0.2) is 31.6 Å². The molecule has 1 unspecified atom stereocenters. The van der Waals surface area contributed by atoms with E-state index in [2.05, 4.69) is 5.32 Å². The van der Waals surface area contributed by atoms with Crippen molar-refractivity contribution in [2.24, 2.45) is 0 Å². The molecule has 1 aliphatic rings. The van der Waals surface area contributed by atoms with Crippen LogP contribution in [0.3, 0.4) is 0 Å². The number of halogens is 3. The van der Waals surface area contributed by atoms with Crippen LogP contribution in [0.5, 0.6) is 0 Å². The van der Waals surface area contributed by atoms with E-state index in [1.807, 2.05) is 23.7 Å². The molecule has 20 heavy (non-hydrogen) atoms. The van der Waals surface area contributed by atoms with E-state index in [0.29, 0.717) is 11.7 Å². The Bertz CT molecular complexity index is 456. The molecule has 0 radical (unpaired) electrons. The second kappa shape index (κ2) is 6.26. The van der Waals surface area contributed by atoms with Gasteiger partial charge in [-0.3, -0.25) is 0 Å². The summed E-state index contributed by atoms with van der Waals surface area (Å²) in [6.07, 6.45) is -3.28. The normalized spacial score (nSPS) is 19.4. The van der Waals surface area contributed by atoms with Crippen molar-refractivity contribution in [1.82, 2.24) is 5.32 Å². The minimum atomic E-state index is -4.31. The number of thioether (sulfide) groups is 1. The Morgan fingerprint density at radius 3 is 2.70 bits per heavy atom. The number of alkyl halides is 3. The van der Waals surface area contributed by atoms with Crippen LogP contribution >= 0.6 is 11.8 Å². The van der Waals surface area contributed by atoms with Gasteiger partial charge in [-0.2, -0.15) is 24.9 Å². The van der Waals surface area contributed by atoms with Crippen LogP contribution in [0.25, 0.3) is 0 Å². The number of nitrogens with one attached hydrogen (secondary N) is 1. The molecule has 1 aromatic rings. The van der Waals surface area contributed by atoms with Gasteiger partial charge < -0.3 is 10.2 Å². The van der Waals surface area contributed by atoms with E-state index in [1.54, 1.807) is 19.2 Å². The van der Waals surface area contributed by atoms with Gasteiger partial charge in [0.15, 0.2) is 0 Å². The lowest BCUT2D eigenvalue weighted by Crippen LogP contribution is -2.31. The fourth-order valence-corrected chi connectivity index (χ4v) is 3.70. The first-order chi connectivity index (χ1) is 9.43. The van der Waals surface area contributed by atoms with Gasteiger partial charge in [-0.1, -0.05) is 6.07 Å². The number of nitrogens with zero attached hydrogens (tertiary/aromatic N) is 1. The molecule has 112 valence electrons. The van der Waals surface area contributed by atoms with Gasteiger partial charge in [-0.25, -0.2) is 0 Å². The van der Waals surface area contributed by atoms with Crippen LogP contribution in [0.2, 0.25) is 0 Å². The summed E-state index contributed by atoms with van der Waals surface area (Å²) >= 11 is 1.85. The van der Waals surface area contributed by atoms with Crippen LogP contribution in [0.15, 0.2) is 18.2 Å². The molecule has 0 amide bonds. The first kappa shape index (κ1) is 15.5. The average Bonchev–Trinajstić information content (AvgIpc) is 2.91. The van der Waals surface area contributed by atoms with Crippen LogP contribution < -0.4 is 10.2 Å². The fraction of sp³-hybridized carbons (Fsp3) is 0.571. The average molecular weight is 304 g/mol. The van der Waals surface area contributed by atoms with Gasteiger partial charge in [0.1, 0.15) is 0 Å². The third-order valence-electron chi connectivity index (χ3n) is 3.63. The van der Waals surface area contributed by atoms with Crippen LogP contribution in [-0.2, 0) is 12.7 Å². The molecule has 2 nitrogen and oxygen atoms in total. The minimum absolute atomic E-state index is 0.220. The van der Waals surface area contributed by atoms with E-state index in [0.717, 1.165) is 17.9 Å². The molecule has 1 N–H and O–H groups in total.